The number of rotatable bonds is 6. The first-order valence-electron chi connectivity index (χ1n) is 8.32. The van der Waals surface area contributed by atoms with Gasteiger partial charge in [-0.1, -0.05) is 66.7 Å². The van der Waals surface area contributed by atoms with Crippen LogP contribution in [-0.2, 0) is 0 Å². The first kappa shape index (κ1) is 17.1. The van der Waals surface area contributed by atoms with Crippen molar-refractivity contribution in [3.8, 4) is 22.6 Å². The number of hydrogen-bond acceptors (Lipinski definition) is 3. The van der Waals surface area contributed by atoms with Gasteiger partial charge in [0.2, 0.25) is 0 Å². The van der Waals surface area contributed by atoms with Gasteiger partial charge in [-0.15, -0.1) is 0 Å². The molecule has 0 bridgehead atoms. The zero-order valence-corrected chi connectivity index (χ0v) is 14.4. The van der Waals surface area contributed by atoms with E-state index in [0.29, 0.717) is 11.5 Å². The Hall–Kier alpha value is -2.78. The van der Waals surface area contributed by atoms with Crippen molar-refractivity contribution in [2.24, 2.45) is 0 Å². The van der Waals surface area contributed by atoms with Crippen LogP contribution in [0.2, 0.25) is 0 Å². The van der Waals surface area contributed by atoms with E-state index in [2.05, 4.69) is 12.1 Å². The van der Waals surface area contributed by atoms with Crippen molar-refractivity contribution >= 4 is 0 Å². The summed E-state index contributed by atoms with van der Waals surface area (Å²) in [4.78, 5) is 0. The van der Waals surface area contributed by atoms with Crippen LogP contribution in [-0.4, -0.2) is 18.3 Å². The number of hydrogen-bond donors (Lipinski definition) is 1. The Bertz CT molecular complexity index is 800. The van der Waals surface area contributed by atoms with Crippen LogP contribution in [0.3, 0.4) is 0 Å². The summed E-state index contributed by atoms with van der Waals surface area (Å²) in [7, 11) is 1.62. The van der Waals surface area contributed by atoms with Crippen LogP contribution in [0.25, 0.3) is 11.1 Å². The van der Waals surface area contributed by atoms with Crippen molar-refractivity contribution in [2.75, 3.05) is 7.11 Å². The molecule has 0 radical (unpaired) electrons. The van der Waals surface area contributed by atoms with Crippen LogP contribution in [0.5, 0.6) is 11.5 Å². The molecule has 0 amide bonds. The topological polar surface area (TPSA) is 38.7 Å². The second-order valence-corrected chi connectivity index (χ2v) is 5.91. The van der Waals surface area contributed by atoms with Gasteiger partial charge in [0.25, 0.3) is 0 Å². The van der Waals surface area contributed by atoms with Crippen molar-refractivity contribution in [3.63, 3.8) is 0 Å². The first-order valence-corrected chi connectivity index (χ1v) is 8.32. The third-order valence-corrected chi connectivity index (χ3v) is 4.17. The Balaban J connectivity index is 1.80. The van der Waals surface area contributed by atoms with Gasteiger partial charge in [0.05, 0.1) is 7.11 Å². The number of ether oxygens (including phenoxy) is 2. The molecule has 0 saturated heterocycles. The van der Waals surface area contributed by atoms with E-state index in [1.165, 1.54) is 0 Å². The SMILES string of the molecule is COc1cc(-c2ccccc2)ccc1O[C@H](C)[C@@H](O)c1ccccc1. The molecule has 3 heteroatoms. The van der Waals surface area contributed by atoms with Gasteiger partial charge in [0, 0.05) is 0 Å². The Kier molecular flexibility index (Phi) is 5.36. The van der Waals surface area contributed by atoms with E-state index in [9.17, 15) is 5.11 Å². The molecule has 0 heterocycles. The molecule has 3 aromatic carbocycles. The van der Waals surface area contributed by atoms with E-state index in [0.717, 1.165) is 16.7 Å². The van der Waals surface area contributed by atoms with Crippen molar-refractivity contribution in [3.05, 3.63) is 84.4 Å². The monoisotopic (exact) mass is 334 g/mol. The highest BCUT2D eigenvalue weighted by Gasteiger charge is 2.19. The summed E-state index contributed by atoms with van der Waals surface area (Å²) >= 11 is 0. The van der Waals surface area contributed by atoms with Crippen LogP contribution in [0.15, 0.2) is 78.9 Å². The average Bonchev–Trinajstić information content (AvgIpc) is 2.69. The number of methoxy groups -OCH3 is 1. The summed E-state index contributed by atoms with van der Waals surface area (Å²) in [5.41, 5.74) is 3.00. The minimum atomic E-state index is -0.709. The zero-order valence-electron chi connectivity index (χ0n) is 14.4. The third-order valence-electron chi connectivity index (χ3n) is 4.17. The maximum Gasteiger partial charge on any atom is 0.161 e. The van der Waals surface area contributed by atoms with Crippen molar-refractivity contribution in [1.82, 2.24) is 0 Å². The molecule has 3 rings (SSSR count). The lowest BCUT2D eigenvalue weighted by Gasteiger charge is -2.22. The summed E-state index contributed by atoms with van der Waals surface area (Å²) in [6.07, 6.45) is -1.11. The molecule has 1 N–H and O–H groups in total. The fourth-order valence-electron chi connectivity index (χ4n) is 2.76. The summed E-state index contributed by atoms with van der Waals surface area (Å²) in [6, 6.07) is 25.4. The van der Waals surface area contributed by atoms with E-state index >= 15 is 0 Å². The Labute approximate surface area is 148 Å². The fraction of sp³-hybridized carbons (Fsp3) is 0.182. The molecule has 3 aromatic rings. The van der Waals surface area contributed by atoms with Crippen molar-refractivity contribution < 1.29 is 14.6 Å². The summed E-state index contributed by atoms with van der Waals surface area (Å²) in [6.45, 7) is 1.85. The molecule has 0 aromatic heterocycles. The molecule has 0 aliphatic carbocycles. The van der Waals surface area contributed by atoms with Gasteiger partial charge in [-0.25, -0.2) is 0 Å². The standard InChI is InChI=1S/C22H22O3/c1-16(22(23)18-11-7-4-8-12-18)25-20-14-13-19(15-21(20)24-2)17-9-5-3-6-10-17/h3-16,22-23H,1-2H3/t16-,22-/m1/s1. The highest BCUT2D eigenvalue weighted by Crippen LogP contribution is 2.34. The van der Waals surface area contributed by atoms with Gasteiger partial charge in [-0.2, -0.15) is 0 Å². The van der Waals surface area contributed by atoms with Gasteiger partial charge < -0.3 is 14.6 Å². The maximum atomic E-state index is 10.5. The molecular weight excluding hydrogens is 312 g/mol. The molecule has 0 spiro atoms. The lowest BCUT2D eigenvalue weighted by Crippen LogP contribution is -2.21. The molecule has 0 aliphatic rings. The van der Waals surface area contributed by atoms with Gasteiger partial charge in [-0.05, 0) is 35.7 Å². The molecule has 128 valence electrons. The van der Waals surface area contributed by atoms with E-state index < -0.39 is 12.2 Å². The van der Waals surface area contributed by atoms with E-state index in [4.69, 9.17) is 9.47 Å². The predicted molar refractivity (Wildman–Crippen MR) is 99.9 cm³/mol. The Morgan fingerprint density at radius 2 is 1.40 bits per heavy atom. The predicted octanol–water partition coefficient (Wildman–Crippen LogP) is 4.86. The highest BCUT2D eigenvalue weighted by atomic mass is 16.5. The summed E-state index contributed by atoms with van der Waals surface area (Å²) in [5.74, 6) is 1.26. The van der Waals surface area contributed by atoms with Crippen LogP contribution in [0, 0.1) is 0 Å². The van der Waals surface area contributed by atoms with Crippen molar-refractivity contribution in [2.45, 2.75) is 19.1 Å². The van der Waals surface area contributed by atoms with E-state index in [1.807, 2.05) is 73.7 Å². The largest absolute Gasteiger partial charge is 0.493 e. The average molecular weight is 334 g/mol. The molecule has 0 saturated carbocycles. The highest BCUT2D eigenvalue weighted by molar-refractivity contribution is 5.67. The molecular formula is C22H22O3. The fourth-order valence-corrected chi connectivity index (χ4v) is 2.76. The van der Waals surface area contributed by atoms with Gasteiger partial charge in [0.15, 0.2) is 11.5 Å². The second kappa shape index (κ2) is 7.86. The Morgan fingerprint density at radius 3 is 2.04 bits per heavy atom. The van der Waals surface area contributed by atoms with Gasteiger partial charge >= 0.3 is 0 Å². The zero-order chi connectivity index (χ0) is 17.6. The second-order valence-electron chi connectivity index (χ2n) is 5.91. The maximum absolute atomic E-state index is 10.5. The van der Waals surface area contributed by atoms with Crippen molar-refractivity contribution in [1.29, 1.82) is 0 Å². The first-order chi connectivity index (χ1) is 12.2. The lowest BCUT2D eigenvalue weighted by atomic mass is 10.0. The molecule has 2 atom stereocenters. The van der Waals surface area contributed by atoms with E-state index in [-0.39, 0.29) is 0 Å². The lowest BCUT2D eigenvalue weighted by molar-refractivity contribution is 0.0451. The third kappa shape index (κ3) is 4.01. The molecule has 25 heavy (non-hydrogen) atoms. The molecule has 0 aliphatic heterocycles. The minimum Gasteiger partial charge on any atom is -0.493 e. The van der Waals surface area contributed by atoms with Crippen LogP contribution in [0.1, 0.15) is 18.6 Å². The van der Waals surface area contributed by atoms with Crippen LogP contribution < -0.4 is 9.47 Å². The number of aliphatic hydroxyl groups is 1. The molecule has 0 fully saturated rings. The minimum absolute atomic E-state index is 0.404. The normalized spacial score (nSPS) is 13.1. The summed E-state index contributed by atoms with van der Waals surface area (Å²) < 4.78 is 11.5. The van der Waals surface area contributed by atoms with Crippen LogP contribution in [0.4, 0.5) is 0 Å². The smallest absolute Gasteiger partial charge is 0.161 e. The number of benzene rings is 3. The number of aliphatic hydroxyl groups excluding tert-OH is 1. The molecule has 0 unspecified atom stereocenters. The van der Waals surface area contributed by atoms with Crippen LogP contribution >= 0.6 is 0 Å². The van der Waals surface area contributed by atoms with E-state index in [1.54, 1.807) is 7.11 Å². The Morgan fingerprint density at radius 1 is 0.760 bits per heavy atom. The van der Waals surface area contributed by atoms with Gasteiger partial charge in [0.1, 0.15) is 12.2 Å². The van der Waals surface area contributed by atoms with Gasteiger partial charge in [-0.3, -0.25) is 0 Å². The molecule has 3 nitrogen and oxygen atoms in total. The summed E-state index contributed by atoms with van der Waals surface area (Å²) in [5, 5.41) is 10.5. The quantitative estimate of drug-likeness (QED) is 0.699.